The molecule has 2 N–H and O–H groups in total. The van der Waals surface area contributed by atoms with Gasteiger partial charge in [-0.05, 0) is 89.2 Å². The van der Waals surface area contributed by atoms with Gasteiger partial charge >= 0.3 is 0 Å². The molecule has 2 aliphatic rings. The van der Waals surface area contributed by atoms with Gasteiger partial charge in [-0.3, -0.25) is 14.5 Å². The maximum atomic E-state index is 12.5. The first kappa shape index (κ1) is 20.2. The maximum Gasteiger partial charge on any atom is 0.251 e. The summed E-state index contributed by atoms with van der Waals surface area (Å²) in [6, 6.07) is 5.67. The van der Waals surface area contributed by atoms with Crippen LogP contribution in [0.5, 0.6) is 0 Å². The van der Waals surface area contributed by atoms with Gasteiger partial charge in [0.1, 0.15) is 0 Å². The van der Waals surface area contributed by atoms with E-state index in [-0.39, 0.29) is 28.8 Å². The lowest BCUT2D eigenvalue weighted by atomic mass is 9.92. The Kier molecular flexibility index (Phi) is 5.55. The highest BCUT2D eigenvalue weighted by atomic mass is 35.5. The van der Waals surface area contributed by atoms with E-state index in [0.29, 0.717) is 17.1 Å². The number of nitrogens with one attached hydrogen (secondary N) is 2. The lowest BCUT2D eigenvalue weighted by Crippen LogP contribution is -2.48. The molecule has 3 rings (SSSR count). The van der Waals surface area contributed by atoms with Gasteiger partial charge in [0.25, 0.3) is 5.91 Å². The minimum atomic E-state index is -0.196. The van der Waals surface area contributed by atoms with E-state index in [1.165, 1.54) is 0 Å². The van der Waals surface area contributed by atoms with Crippen LogP contribution in [-0.2, 0) is 4.79 Å². The Morgan fingerprint density at radius 3 is 2.48 bits per heavy atom. The van der Waals surface area contributed by atoms with E-state index in [9.17, 15) is 9.59 Å². The maximum absolute atomic E-state index is 12.5. The molecule has 1 aromatic carbocycles. The summed E-state index contributed by atoms with van der Waals surface area (Å²) in [5.41, 5.74) is 1.62. The van der Waals surface area contributed by atoms with E-state index in [0.717, 1.165) is 37.9 Å². The topological polar surface area (TPSA) is 61.4 Å². The summed E-state index contributed by atoms with van der Waals surface area (Å²) in [5, 5.41) is 6.78. The molecule has 1 saturated carbocycles. The summed E-state index contributed by atoms with van der Waals surface area (Å²) in [4.78, 5) is 26.9. The lowest BCUT2D eigenvalue weighted by Gasteiger charge is -2.33. The van der Waals surface area contributed by atoms with Crippen molar-refractivity contribution in [2.45, 2.75) is 58.5 Å². The van der Waals surface area contributed by atoms with Gasteiger partial charge in [-0.25, -0.2) is 0 Å². The fourth-order valence-corrected chi connectivity index (χ4v) is 4.32. The summed E-state index contributed by atoms with van der Waals surface area (Å²) in [5.74, 6) is 0.0323. The third kappa shape index (κ3) is 5.23. The number of carbonyl (C=O) groups excluding carboxylic acids is 2. The zero-order chi connectivity index (χ0) is 19.8. The molecule has 6 heteroatoms. The predicted molar refractivity (Wildman–Crippen MR) is 108 cm³/mol. The predicted octanol–water partition coefficient (Wildman–Crippen LogP) is 3.15. The van der Waals surface area contributed by atoms with Gasteiger partial charge in [-0.2, -0.15) is 0 Å². The van der Waals surface area contributed by atoms with Crippen molar-refractivity contribution < 1.29 is 9.59 Å². The molecule has 1 aliphatic heterocycles. The van der Waals surface area contributed by atoms with E-state index < -0.39 is 0 Å². The van der Waals surface area contributed by atoms with Crippen molar-refractivity contribution in [3.8, 4) is 0 Å². The molecule has 1 aromatic rings. The molecule has 1 spiro atoms. The largest absolute Gasteiger partial charge is 0.350 e. The SMILES string of the molecule is Cc1cc(Cl)cc(C(=O)N[C@H]2CC23CCN(CC(=O)NC(C)(C)C)CC3)c1. The van der Waals surface area contributed by atoms with Crippen LogP contribution in [0.15, 0.2) is 18.2 Å². The van der Waals surface area contributed by atoms with Crippen LogP contribution in [0.2, 0.25) is 5.02 Å². The van der Waals surface area contributed by atoms with Crippen molar-refractivity contribution in [2.75, 3.05) is 19.6 Å². The molecule has 1 atom stereocenters. The molecule has 0 unspecified atom stereocenters. The molecule has 0 aromatic heterocycles. The van der Waals surface area contributed by atoms with Crippen molar-refractivity contribution in [3.63, 3.8) is 0 Å². The molecular weight excluding hydrogens is 362 g/mol. The highest BCUT2D eigenvalue weighted by Crippen LogP contribution is 2.53. The Morgan fingerprint density at radius 1 is 1.22 bits per heavy atom. The Hall–Kier alpha value is -1.59. The van der Waals surface area contributed by atoms with Crippen LogP contribution in [0.3, 0.4) is 0 Å². The van der Waals surface area contributed by atoms with Crippen LogP contribution in [0.1, 0.15) is 56.0 Å². The number of amides is 2. The van der Waals surface area contributed by atoms with Crippen molar-refractivity contribution in [2.24, 2.45) is 5.41 Å². The molecular formula is C21H30ClN3O2. The minimum absolute atomic E-state index is 0.0468. The molecule has 5 nitrogen and oxygen atoms in total. The molecule has 0 bridgehead atoms. The molecule has 1 heterocycles. The average molecular weight is 392 g/mol. The fourth-order valence-electron chi connectivity index (χ4n) is 4.03. The van der Waals surface area contributed by atoms with Crippen molar-refractivity contribution in [1.29, 1.82) is 0 Å². The molecule has 1 aliphatic carbocycles. The molecule has 2 amide bonds. The highest BCUT2D eigenvalue weighted by Gasteiger charge is 2.55. The van der Waals surface area contributed by atoms with Crippen LogP contribution >= 0.6 is 11.6 Å². The van der Waals surface area contributed by atoms with Crippen molar-refractivity contribution >= 4 is 23.4 Å². The standard InChI is InChI=1S/C21H30ClN3O2/c1-14-9-15(11-16(22)10-14)19(27)23-17-12-21(17)5-7-25(8-6-21)13-18(26)24-20(2,3)4/h9-11,17H,5-8,12-13H2,1-4H3,(H,23,27)(H,24,26)/t17-/m0/s1. The average Bonchev–Trinajstić information content (AvgIpc) is 3.18. The van der Waals surface area contributed by atoms with E-state index in [4.69, 9.17) is 11.6 Å². The monoisotopic (exact) mass is 391 g/mol. The number of rotatable bonds is 4. The Balaban J connectivity index is 1.48. The second-order valence-electron chi connectivity index (χ2n) is 9.18. The minimum Gasteiger partial charge on any atom is -0.350 e. The smallest absolute Gasteiger partial charge is 0.251 e. The first-order valence-corrected chi connectivity index (χ1v) is 10.1. The van der Waals surface area contributed by atoms with Gasteiger partial charge in [-0.1, -0.05) is 11.6 Å². The fraction of sp³-hybridized carbons (Fsp3) is 0.619. The molecule has 27 heavy (non-hydrogen) atoms. The Labute approximate surface area is 166 Å². The first-order valence-electron chi connectivity index (χ1n) is 9.68. The van der Waals surface area contributed by atoms with Crippen LogP contribution < -0.4 is 10.6 Å². The van der Waals surface area contributed by atoms with Gasteiger partial charge in [0.05, 0.1) is 6.54 Å². The van der Waals surface area contributed by atoms with Gasteiger partial charge in [0.15, 0.2) is 0 Å². The van der Waals surface area contributed by atoms with Crippen LogP contribution in [0, 0.1) is 12.3 Å². The number of likely N-dealkylation sites (tertiary alicyclic amines) is 1. The van der Waals surface area contributed by atoms with Gasteiger partial charge in [-0.15, -0.1) is 0 Å². The molecule has 2 fully saturated rings. The lowest BCUT2D eigenvalue weighted by molar-refractivity contribution is -0.124. The zero-order valence-corrected chi connectivity index (χ0v) is 17.4. The Bertz CT molecular complexity index is 713. The Morgan fingerprint density at radius 2 is 1.89 bits per heavy atom. The van der Waals surface area contributed by atoms with Gasteiger partial charge in [0, 0.05) is 22.2 Å². The molecule has 0 radical (unpaired) electrons. The first-order chi connectivity index (χ1) is 12.6. The van der Waals surface area contributed by atoms with Crippen LogP contribution in [-0.4, -0.2) is 47.9 Å². The second kappa shape index (κ2) is 7.44. The summed E-state index contributed by atoms with van der Waals surface area (Å²) in [6.45, 7) is 10.2. The van der Waals surface area contributed by atoms with Gasteiger partial charge in [0.2, 0.25) is 5.91 Å². The summed E-state index contributed by atoms with van der Waals surface area (Å²) >= 11 is 6.07. The number of benzene rings is 1. The van der Waals surface area contributed by atoms with E-state index in [1.54, 1.807) is 6.07 Å². The summed E-state index contributed by atoms with van der Waals surface area (Å²) in [6.07, 6.45) is 3.07. The van der Waals surface area contributed by atoms with Crippen molar-refractivity contribution in [3.05, 3.63) is 34.3 Å². The normalized spacial score (nSPS) is 21.7. The number of nitrogens with zero attached hydrogens (tertiary/aromatic N) is 1. The summed E-state index contributed by atoms with van der Waals surface area (Å²) in [7, 11) is 0. The van der Waals surface area contributed by atoms with E-state index in [1.807, 2.05) is 39.8 Å². The van der Waals surface area contributed by atoms with Crippen molar-refractivity contribution in [1.82, 2.24) is 15.5 Å². The molecule has 1 saturated heterocycles. The summed E-state index contributed by atoms with van der Waals surface area (Å²) < 4.78 is 0. The van der Waals surface area contributed by atoms with E-state index >= 15 is 0 Å². The number of hydrogen-bond acceptors (Lipinski definition) is 3. The third-order valence-corrected chi connectivity index (χ3v) is 5.75. The number of carbonyl (C=O) groups is 2. The number of piperidine rings is 1. The number of aryl methyl sites for hydroxylation is 1. The molecule has 148 valence electrons. The highest BCUT2D eigenvalue weighted by molar-refractivity contribution is 6.31. The quantitative estimate of drug-likeness (QED) is 0.828. The number of hydrogen-bond donors (Lipinski definition) is 2. The van der Waals surface area contributed by atoms with E-state index in [2.05, 4.69) is 15.5 Å². The third-order valence-electron chi connectivity index (χ3n) is 5.53. The second-order valence-corrected chi connectivity index (χ2v) is 9.62. The zero-order valence-electron chi connectivity index (χ0n) is 16.7. The number of halogens is 1. The van der Waals surface area contributed by atoms with Gasteiger partial charge < -0.3 is 10.6 Å². The van der Waals surface area contributed by atoms with Crippen LogP contribution in [0.4, 0.5) is 0 Å². The van der Waals surface area contributed by atoms with Crippen LogP contribution in [0.25, 0.3) is 0 Å².